The van der Waals surface area contributed by atoms with E-state index >= 15 is 4.79 Å². The fourth-order valence-electron chi connectivity index (χ4n) is 8.62. The van der Waals surface area contributed by atoms with Crippen LogP contribution in [0.4, 0.5) is 0 Å². The zero-order valence-corrected chi connectivity index (χ0v) is 61.4. The fourth-order valence-corrected chi connectivity index (χ4v) is 19.2. The van der Waals surface area contributed by atoms with Crippen molar-refractivity contribution < 1.29 is 36.8 Å². The topological polar surface area (TPSA) is 92.8 Å². The van der Waals surface area contributed by atoms with Crippen LogP contribution in [0.3, 0.4) is 0 Å². The number of unbranched alkanes of at least 4 members (excludes halogenated alkanes) is 1. The summed E-state index contributed by atoms with van der Waals surface area (Å²) in [4.78, 5) is 36.8. The van der Waals surface area contributed by atoms with Gasteiger partial charge in [0.15, 0.2) is 39.1 Å². The van der Waals surface area contributed by atoms with Gasteiger partial charge in [-0.05, 0) is 122 Å². The van der Waals surface area contributed by atoms with Crippen molar-refractivity contribution in [1.82, 2.24) is 0 Å². The number of halogens is 1. The predicted octanol–water partition coefficient (Wildman–Crippen LogP) is 18.5. The van der Waals surface area contributed by atoms with Crippen molar-refractivity contribution in [2.75, 3.05) is 0 Å². The maximum absolute atomic E-state index is 15.8. The number of allylic oxidation sites excluding steroid dienone is 3. The molecule has 1 rings (SSSR count). The van der Waals surface area contributed by atoms with E-state index in [-0.39, 0.29) is 45.3 Å². The fraction of sp³-hybridized carbons (Fsp3) is 0.831. The molecule has 1 saturated heterocycles. The van der Waals surface area contributed by atoms with Gasteiger partial charge in [-0.1, -0.05) is 113 Å². The molecular weight excluding hydrogens is 1190 g/mol. The second-order valence-corrected chi connectivity index (χ2v) is 62.7. The quantitative estimate of drug-likeness (QED) is 0.0125. The molecule has 8 nitrogen and oxygen atoms in total. The molecule has 1 heterocycles. The van der Waals surface area contributed by atoms with Gasteiger partial charge in [0.25, 0.3) is 0 Å². The van der Waals surface area contributed by atoms with Gasteiger partial charge in [0.05, 0.1) is 23.9 Å². The number of epoxide rings is 1. The summed E-state index contributed by atoms with van der Waals surface area (Å²) in [6.07, 6.45) is 9.61. The Balaban J connectivity index is 3.65. The second kappa shape index (κ2) is 28.6. The summed E-state index contributed by atoms with van der Waals surface area (Å²) in [7, 11) is -9.59. The van der Waals surface area contributed by atoms with Crippen LogP contribution in [0.25, 0.3) is 0 Å². The molecule has 14 heteroatoms. The minimum absolute atomic E-state index is 0.00951. The average molecular weight is 1310 g/mol. The van der Waals surface area contributed by atoms with Gasteiger partial charge in [-0.15, -0.1) is 0 Å². The number of ketones is 1. The number of hydrogen-bond acceptors (Lipinski definition) is 8. The second-order valence-electron chi connectivity index (χ2n) is 28.2. The Bertz CT molecular complexity index is 1860. The summed E-state index contributed by atoms with van der Waals surface area (Å²) in [6, 6.07) is 2.91. The Kier molecular flexibility index (Phi) is 28.0. The molecular formula is C59H115IO8Si4Sn. The molecule has 0 bridgehead atoms. The summed E-state index contributed by atoms with van der Waals surface area (Å²) in [6.45, 7) is 57.7. The van der Waals surface area contributed by atoms with Crippen molar-refractivity contribution >= 4 is 86.0 Å². The van der Waals surface area contributed by atoms with Crippen molar-refractivity contribution in [2.45, 2.75) is 299 Å². The first-order chi connectivity index (χ1) is 32.9. The molecule has 9 atom stereocenters. The van der Waals surface area contributed by atoms with Gasteiger partial charge in [0.2, 0.25) is 0 Å². The molecule has 1 aliphatic heterocycles. The standard InChI is InChI=1S/C56H106IO8Si4.3CH3.Sn/c1-26-33-41(5)36-49-48(61-49)35-32-30-31-34-42(6)52(59)60-45(9)37-43(7)50(63-66(20,21)53(10,11)12)51(64-67(22,23)54(13,14)15)47(58)38-46(62-69(27-2,28-3)29-4)39-56(19,44(8)40-57)65-68(24,25)55(16,17)18;;;;/h32,34-35,40-41,43,45-46,48-51H,1,27-31,33,36-39H2,2-25H3;3*1H3;/b35-32+,42-34+,44-40+;;;;/t41-,43-,45+,46-,48+,49+,50+,51+,56-;;;;/m1..../s1. The van der Waals surface area contributed by atoms with E-state index in [0.29, 0.717) is 30.4 Å². The number of hydrogen-bond donors (Lipinski definition) is 0. The van der Waals surface area contributed by atoms with Crippen LogP contribution in [0.5, 0.6) is 0 Å². The van der Waals surface area contributed by atoms with Crippen molar-refractivity contribution in [3.8, 4) is 0 Å². The molecule has 0 aromatic rings. The van der Waals surface area contributed by atoms with Crippen molar-refractivity contribution in [3.63, 3.8) is 0 Å². The Hall–Kier alpha value is 0.296. The van der Waals surface area contributed by atoms with Gasteiger partial charge < -0.3 is 22.4 Å². The van der Waals surface area contributed by atoms with E-state index in [9.17, 15) is 4.79 Å². The third-order valence-corrected chi connectivity index (χ3v) is 43.5. The number of carbonyl (C=O) groups is 2. The third kappa shape index (κ3) is 22.4. The van der Waals surface area contributed by atoms with E-state index in [1.807, 2.05) is 19.9 Å². The van der Waals surface area contributed by atoms with E-state index in [2.05, 4.69) is 210 Å². The Morgan fingerprint density at radius 2 is 1.26 bits per heavy atom. The first-order valence-electron chi connectivity index (χ1n) is 28.3. The van der Waals surface area contributed by atoms with Crippen LogP contribution in [0.2, 0.25) is 87.3 Å². The van der Waals surface area contributed by atoms with E-state index in [1.165, 1.54) is 3.59 Å². The summed E-state index contributed by atoms with van der Waals surface area (Å²) in [5.74, 6) is 0.102. The zero-order chi connectivity index (χ0) is 57.1. The molecule has 0 aliphatic carbocycles. The average Bonchev–Trinajstić information content (AvgIpc) is 3.97. The molecule has 1 aliphatic rings. The molecule has 0 saturated carbocycles. The molecule has 0 aromatic carbocycles. The van der Waals surface area contributed by atoms with Crippen LogP contribution in [-0.4, -0.2) is 106 Å². The first kappa shape index (κ1) is 71.3. The van der Waals surface area contributed by atoms with Crippen LogP contribution < -0.4 is 0 Å². The van der Waals surface area contributed by atoms with E-state index in [0.717, 1.165) is 49.4 Å². The molecule has 0 amide bonds. The molecule has 0 aromatic heterocycles. The van der Waals surface area contributed by atoms with E-state index in [4.69, 9.17) is 27.2 Å². The number of rotatable bonds is 32. The predicted molar refractivity (Wildman–Crippen MR) is 336 cm³/mol. The van der Waals surface area contributed by atoms with Gasteiger partial charge in [-0.3, -0.25) is 4.79 Å². The SMILES string of the molecule is C=[C](C[C@@H](C)C[C@@H]1O[C@H]1/C=C/CC/C=C(\C)C(=O)O[C@@H](C)C[C@@H](C)[C@H](O[Si](C)(C)C(C)(C)C)[C@@H](O[Si](C)(C)C(C)(C)C)C(=O)C[C@H](C[C@@](C)(O[Si](C)(C)C(C)(C)C)/C(C)=C/I)O[Si](CC)(CC)CC)[Sn]([CH3])([CH3])[CH3]. The van der Waals surface area contributed by atoms with Crippen molar-refractivity contribution in [1.29, 1.82) is 0 Å². The Labute approximate surface area is 473 Å². The summed E-state index contributed by atoms with van der Waals surface area (Å²) in [5, 5.41) is -0.311. The number of ether oxygens (including phenoxy) is 2. The first-order valence-corrected chi connectivity index (χ1v) is 50.8. The maximum atomic E-state index is 15.8. The molecule has 0 spiro atoms. The van der Waals surface area contributed by atoms with Crippen molar-refractivity contribution in [2.24, 2.45) is 11.8 Å². The molecule has 1 fully saturated rings. The van der Waals surface area contributed by atoms with Crippen LogP contribution in [0, 0.1) is 11.8 Å². The van der Waals surface area contributed by atoms with Crippen LogP contribution >= 0.6 is 22.6 Å². The van der Waals surface area contributed by atoms with Gasteiger partial charge in [-0.2, -0.15) is 0 Å². The monoisotopic (exact) mass is 1310 g/mol. The molecule has 0 radical (unpaired) electrons. The Morgan fingerprint density at radius 3 is 1.73 bits per heavy atom. The third-order valence-electron chi connectivity index (χ3n) is 17.7. The van der Waals surface area contributed by atoms with E-state index in [1.54, 1.807) is 0 Å². The van der Waals surface area contributed by atoms with Gasteiger partial charge in [0.1, 0.15) is 6.10 Å². The molecule has 0 unspecified atom stereocenters. The zero-order valence-electron chi connectivity index (χ0n) is 52.4. The molecule has 426 valence electrons. The summed E-state index contributed by atoms with van der Waals surface area (Å²) in [5.41, 5.74) is 1.09. The van der Waals surface area contributed by atoms with Crippen LogP contribution in [0.1, 0.15) is 170 Å². The van der Waals surface area contributed by atoms with Crippen LogP contribution in [0.15, 0.2) is 43.6 Å². The molecule has 73 heavy (non-hydrogen) atoms. The Morgan fingerprint density at radius 1 is 0.753 bits per heavy atom. The minimum atomic E-state index is -2.58. The summed E-state index contributed by atoms with van der Waals surface area (Å²) >= 11 is 0.284. The van der Waals surface area contributed by atoms with Gasteiger partial charge >= 0.3 is 129 Å². The summed E-state index contributed by atoms with van der Waals surface area (Å²) < 4.78 is 45.7. The number of esters is 1. The van der Waals surface area contributed by atoms with Gasteiger partial charge in [-0.25, -0.2) is 4.79 Å². The van der Waals surface area contributed by atoms with Crippen molar-refractivity contribution in [3.05, 3.63) is 43.6 Å². The number of Topliss-reactive ketones (excluding diaryl/α,β-unsaturated/α-hetero) is 1. The number of carbonyl (C=O) groups excluding carboxylic acids is 2. The van der Waals surface area contributed by atoms with E-state index < -0.39 is 81.7 Å². The van der Waals surface area contributed by atoms with Crippen LogP contribution in [-0.2, 0) is 36.8 Å². The van der Waals surface area contributed by atoms with Gasteiger partial charge in [0, 0.05) is 12.8 Å². The molecule has 0 N–H and O–H groups in total. The normalized spacial score (nSPS) is 20.5.